The smallest absolute Gasteiger partial charge is 0.258 e. The van der Waals surface area contributed by atoms with Gasteiger partial charge in [-0.3, -0.25) is 9.59 Å². The summed E-state index contributed by atoms with van der Waals surface area (Å²) in [6, 6.07) is 7.81. The first-order valence-electron chi connectivity index (χ1n) is 5.75. The number of aryl methyl sites for hydroxylation is 1. The minimum Gasteiger partial charge on any atom is -0.309 e. The van der Waals surface area contributed by atoms with Gasteiger partial charge < -0.3 is 5.32 Å². The molecular formula is C13H10BrN3O2. The van der Waals surface area contributed by atoms with E-state index in [4.69, 9.17) is 0 Å². The molecule has 1 N–H and O–H groups in total. The molecule has 96 valence electrons. The van der Waals surface area contributed by atoms with Crippen molar-refractivity contribution in [3.63, 3.8) is 0 Å². The quantitative estimate of drug-likeness (QED) is 0.822. The molecule has 5 nitrogen and oxygen atoms in total. The van der Waals surface area contributed by atoms with Gasteiger partial charge in [0, 0.05) is 5.56 Å². The van der Waals surface area contributed by atoms with Gasteiger partial charge in [0.25, 0.3) is 5.91 Å². The van der Waals surface area contributed by atoms with E-state index >= 15 is 0 Å². The van der Waals surface area contributed by atoms with Gasteiger partial charge in [-0.1, -0.05) is 29.8 Å². The van der Waals surface area contributed by atoms with Gasteiger partial charge >= 0.3 is 0 Å². The lowest BCUT2D eigenvalue weighted by atomic mass is 10.1. The highest BCUT2D eigenvalue weighted by Crippen LogP contribution is 2.35. The molecule has 2 aromatic rings. The summed E-state index contributed by atoms with van der Waals surface area (Å²) in [6.07, 6.45) is -0.172. The van der Waals surface area contributed by atoms with Gasteiger partial charge in [0.15, 0.2) is 5.82 Å². The topological polar surface area (TPSA) is 64.0 Å². The highest BCUT2D eigenvalue weighted by molar-refractivity contribution is 9.10. The molecule has 2 heterocycles. The first-order valence-corrected chi connectivity index (χ1v) is 6.54. The minimum absolute atomic E-state index is 0.172. The van der Waals surface area contributed by atoms with E-state index in [-0.39, 0.29) is 18.2 Å². The van der Waals surface area contributed by atoms with Crippen molar-refractivity contribution in [3.05, 3.63) is 34.3 Å². The molecule has 1 aromatic heterocycles. The van der Waals surface area contributed by atoms with E-state index in [1.54, 1.807) is 0 Å². The monoisotopic (exact) mass is 319 g/mol. The predicted molar refractivity (Wildman–Crippen MR) is 74.0 cm³/mol. The number of halogens is 1. The maximum absolute atomic E-state index is 11.8. The van der Waals surface area contributed by atoms with E-state index < -0.39 is 0 Å². The molecule has 3 rings (SSSR count). The zero-order valence-corrected chi connectivity index (χ0v) is 11.7. The summed E-state index contributed by atoms with van der Waals surface area (Å²) in [6.45, 7) is 2.00. The van der Waals surface area contributed by atoms with Crippen LogP contribution >= 0.6 is 15.9 Å². The Morgan fingerprint density at radius 3 is 2.63 bits per heavy atom. The molecule has 0 saturated heterocycles. The van der Waals surface area contributed by atoms with E-state index in [1.165, 1.54) is 4.68 Å². The number of rotatable bonds is 1. The van der Waals surface area contributed by atoms with E-state index in [0.29, 0.717) is 16.0 Å². The second-order valence-corrected chi connectivity index (χ2v) is 5.20. The third-order valence-electron chi connectivity index (χ3n) is 2.96. The number of carbonyl (C=O) groups is 2. The highest BCUT2D eigenvalue weighted by atomic mass is 79.9. The molecule has 0 saturated carbocycles. The standard InChI is InChI=1S/C13H10BrN3O2/c1-7-2-4-8(5-3-7)12-11(14)13-15-9(18)6-10(19)17(13)16-12/h2-5H,6H2,1H3,(H,15,18). The number of benzene rings is 1. The molecule has 1 aliphatic heterocycles. The lowest BCUT2D eigenvalue weighted by Gasteiger charge is -2.12. The number of hydrogen-bond acceptors (Lipinski definition) is 3. The Balaban J connectivity index is 2.14. The fourth-order valence-corrected chi connectivity index (χ4v) is 2.55. The van der Waals surface area contributed by atoms with Crippen LogP contribution in [0.15, 0.2) is 28.7 Å². The molecular weight excluding hydrogens is 310 g/mol. The molecule has 0 unspecified atom stereocenters. The van der Waals surface area contributed by atoms with E-state index in [0.717, 1.165) is 11.1 Å². The average molecular weight is 320 g/mol. The minimum atomic E-state index is -0.321. The molecule has 0 bridgehead atoms. The number of anilines is 1. The SMILES string of the molecule is Cc1ccc(-c2nn3c(c2Br)NC(=O)CC3=O)cc1. The summed E-state index contributed by atoms with van der Waals surface area (Å²) in [7, 11) is 0. The number of aromatic nitrogens is 2. The van der Waals surface area contributed by atoms with Crippen molar-refractivity contribution in [1.29, 1.82) is 0 Å². The van der Waals surface area contributed by atoms with Gasteiger partial charge in [-0.2, -0.15) is 9.78 Å². The van der Waals surface area contributed by atoms with Gasteiger partial charge in [-0.25, -0.2) is 0 Å². The van der Waals surface area contributed by atoms with Crippen LogP contribution in [0.2, 0.25) is 0 Å². The fraction of sp³-hybridized carbons (Fsp3) is 0.154. The van der Waals surface area contributed by atoms with Crippen LogP contribution in [0.1, 0.15) is 16.8 Å². The number of nitrogens with one attached hydrogen (secondary N) is 1. The molecule has 1 amide bonds. The first kappa shape index (κ1) is 12.1. The van der Waals surface area contributed by atoms with Crippen LogP contribution in [0.3, 0.4) is 0 Å². The maximum atomic E-state index is 11.8. The summed E-state index contributed by atoms with van der Waals surface area (Å²) in [5, 5.41) is 6.93. The Morgan fingerprint density at radius 1 is 1.26 bits per heavy atom. The van der Waals surface area contributed by atoms with Crippen molar-refractivity contribution in [1.82, 2.24) is 9.78 Å². The van der Waals surface area contributed by atoms with Crippen molar-refractivity contribution in [2.75, 3.05) is 5.32 Å². The van der Waals surface area contributed by atoms with E-state index in [1.807, 2.05) is 31.2 Å². The van der Waals surface area contributed by atoms with Crippen molar-refractivity contribution >= 4 is 33.6 Å². The molecule has 19 heavy (non-hydrogen) atoms. The summed E-state index contributed by atoms with van der Waals surface area (Å²) in [5.41, 5.74) is 2.68. The zero-order valence-electron chi connectivity index (χ0n) is 10.1. The van der Waals surface area contributed by atoms with Crippen LogP contribution in [0, 0.1) is 6.92 Å². The van der Waals surface area contributed by atoms with Crippen molar-refractivity contribution in [3.8, 4) is 11.3 Å². The summed E-state index contributed by atoms with van der Waals surface area (Å²) in [5.74, 6) is -0.233. The lowest BCUT2D eigenvalue weighted by molar-refractivity contribution is -0.115. The van der Waals surface area contributed by atoms with Crippen LogP contribution in [0.25, 0.3) is 11.3 Å². The van der Waals surface area contributed by atoms with E-state index in [9.17, 15) is 9.59 Å². The van der Waals surface area contributed by atoms with Crippen molar-refractivity contribution < 1.29 is 9.59 Å². The van der Waals surface area contributed by atoms with Gasteiger partial charge in [-0.15, -0.1) is 0 Å². The molecule has 1 aromatic carbocycles. The van der Waals surface area contributed by atoms with Gasteiger partial charge in [0.1, 0.15) is 12.1 Å². The number of carbonyl (C=O) groups excluding carboxylic acids is 2. The molecule has 6 heteroatoms. The maximum Gasteiger partial charge on any atom is 0.258 e. The van der Waals surface area contributed by atoms with Crippen molar-refractivity contribution in [2.24, 2.45) is 0 Å². The number of fused-ring (bicyclic) bond motifs is 1. The summed E-state index contributed by atoms with van der Waals surface area (Å²) < 4.78 is 1.86. The Morgan fingerprint density at radius 2 is 1.95 bits per heavy atom. The third-order valence-corrected chi connectivity index (χ3v) is 3.71. The second-order valence-electron chi connectivity index (χ2n) is 4.41. The largest absolute Gasteiger partial charge is 0.309 e. The van der Waals surface area contributed by atoms with Crippen LogP contribution in [-0.2, 0) is 4.79 Å². The number of amides is 1. The molecule has 1 aliphatic rings. The fourth-order valence-electron chi connectivity index (χ4n) is 1.97. The highest BCUT2D eigenvalue weighted by Gasteiger charge is 2.28. The Labute approximate surface area is 117 Å². The normalized spacial score (nSPS) is 14.2. The van der Waals surface area contributed by atoms with Gasteiger partial charge in [-0.05, 0) is 22.9 Å². The molecule has 0 radical (unpaired) electrons. The molecule has 0 fully saturated rings. The Kier molecular flexibility index (Phi) is 2.74. The van der Waals surface area contributed by atoms with Crippen LogP contribution < -0.4 is 5.32 Å². The average Bonchev–Trinajstić information content (AvgIpc) is 2.69. The van der Waals surface area contributed by atoms with Gasteiger partial charge in [0.2, 0.25) is 5.91 Å². The first-order chi connectivity index (χ1) is 9.06. The van der Waals surface area contributed by atoms with Crippen molar-refractivity contribution in [2.45, 2.75) is 13.3 Å². The Bertz CT molecular complexity index is 689. The summed E-state index contributed by atoms with van der Waals surface area (Å²) in [4.78, 5) is 23.2. The lowest BCUT2D eigenvalue weighted by Crippen LogP contribution is -2.29. The summed E-state index contributed by atoms with van der Waals surface area (Å²) >= 11 is 3.40. The molecule has 0 spiro atoms. The van der Waals surface area contributed by atoms with Crippen LogP contribution in [-0.4, -0.2) is 21.6 Å². The zero-order chi connectivity index (χ0) is 13.6. The molecule has 0 atom stereocenters. The van der Waals surface area contributed by atoms with Crippen LogP contribution in [0.5, 0.6) is 0 Å². The predicted octanol–water partition coefficient (Wildman–Crippen LogP) is 2.60. The number of hydrogen-bond donors (Lipinski definition) is 1. The van der Waals surface area contributed by atoms with E-state index in [2.05, 4.69) is 26.3 Å². The molecule has 0 aliphatic carbocycles. The second kappa shape index (κ2) is 4.31. The van der Waals surface area contributed by atoms with Crippen LogP contribution in [0.4, 0.5) is 5.82 Å². The number of nitrogens with zero attached hydrogens (tertiary/aromatic N) is 2. The van der Waals surface area contributed by atoms with Gasteiger partial charge in [0.05, 0.1) is 4.47 Å². The Hall–Kier alpha value is -1.95. The third kappa shape index (κ3) is 1.98.